The molecule has 10 heteroatoms. The summed E-state index contributed by atoms with van der Waals surface area (Å²) in [5.74, 6) is -0.476. The van der Waals surface area contributed by atoms with E-state index >= 15 is 0 Å². The highest BCUT2D eigenvalue weighted by atomic mass is 79.9. The molecule has 2 aromatic rings. The summed E-state index contributed by atoms with van der Waals surface area (Å²) in [6.07, 6.45) is 5.37. The molecular weight excluding hydrogens is 472 g/mol. The summed E-state index contributed by atoms with van der Waals surface area (Å²) < 4.78 is 23.4. The lowest BCUT2D eigenvalue weighted by Gasteiger charge is -2.19. The molecular formula is C20H21BrN4O4S. The number of pyridine rings is 1. The van der Waals surface area contributed by atoms with Crippen LogP contribution in [0, 0.1) is 18.4 Å². The summed E-state index contributed by atoms with van der Waals surface area (Å²) in [6.45, 7) is 3.22. The Morgan fingerprint density at radius 1 is 1.43 bits per heavy atom. The normalized spacial score (nSPS) is 17.7. The summed E-state index contributed by atoms with van der Waals surface area (Å²) in [5, 5.41) is 11.4. The first-order valence-corrected chi connectivity index (χ1v) is 11.9. The van der Waals surface area contributed by atoms with Gasteiger partial charge in [0.2, 0.25) is 11.6 Å². The van der Waals surface area contributed by atoms with E-state index < -0.39 is 15.6 Å². The molecule has 1 N–H and O–H groups in total. The van der Waals surface area contributed by atoms with Crippen LogP contribution in [0.15, 0.2) is 49.0 Å². The van der Waals surface area contributed by atoms with Crippen LogP contribution in [0.2, 0.25) is 0 Å². The van der Waals surface area contributed by atoms with E-state index in [9.17, 15) is 13.8 Å². The number of nitriles is 1. The highest BCUT2D eigenvalue weighted by molar-refractivity contribution is 9.10. The molecule has 2 atom stereocenters. The Labute approximate surface area is 183 Å². The van der Waals surface area contributed by atoms with E-state index in [1.54, 1.807) is 36.7 Å². The van der Waals surface area contributed by atoms with Crippen LogP contribution >= 0.6 is 15.9 Å². The number of hydrogen-bond acceptors (Lipinski definition) is 6. The number of carbonyl (C=O) groups excluding carboxylic acids is 1. The van der Waals surface area contributed by atoms with Gasteiger partial charge in [-0.2, -0.15) is 5.26 Å². The van der Waals surface area contributed by atoms with Crippen molar-refractivity contribution in [3.05, 3.63) is 62.0 Å². The Hall–Kier alpha value is -2.48. The minimum absolute atomic E-state index is 0.0559. The van der Waals surface area contributed by atoms with Gasteiger partial charge in [-0.1, -0.05) is 12.1 Å². The van der Waals surface area contributed by atoms with Crippen LogP contribution in [-0.2, 0) is 21.0 Å². The van der Waals surface area contributed by atoms with Crippen LogP contribution < -0.4 is 10.7 Å². The average Bonchev–Trinajstić information content (AvgIpc) is 3.25. The SMILES string of the molecule is Cc1c(Br)c(=O)c(C(=O)NCc2ccc(S(C)(=O)=NC#N)cc2)cn1C1CCOC1. The zero-order valence-electron chi connectivity index (χ0n) is 16.6. The number of nitrogens with zero attached hydrogens (tertiary/aromatic N) is 3. The average molecular weight is 493 g/mol. The summed E-state index contributed by atoms with van der Waals surface area (Å²) in [4.78, 5) is 25.7. The number of amides is 1. The van der Waals surface area contributed by atoms with Crippen LogP contribution in [0.5, 0.6) is 0 Å². The third kappa shape index (κ3) is 4.64. The maximum atomic E-state index is 12.7. The molecule has 1 aromatic carbocycles. The minimum Gasteiger partial charge on any atom is -0.379 e. The zero-order chi connectivity index (χ0) is 21.9. The van der Waals surface area contributed by atoms with Crippen molar-refractivity contribution in [2.75, 3.05) is 19.5 Å². The molecule has 0 radical (unpaired) electrons. The van der Waals surface area contributed by atoms with Crippen LogP contribution in [0.4, 0.5) is 0 Å². The smallest absolute Gasteiger partial charge is 0.257 e. The Morgan fingerprint density at radius 2 is 2.13 bits per heavy atom. The molecule has 3 rings (SSSR count). The summed E-state index contributed by atoms with van der Waals surface area (Å²) in [7, 11) is -2.76. The molecule has 1 aromatic heterocycles. The lowest BCUT2D eigenvalue weighted by molar-refractivity contribution is 0.0948. The van der Waals surface area contributed by atoms with Crippen molar-refractivity contribution < 1.29 is 13.7 Å². The van der Waals surface area contributed by atoms with Crippen molar-refractivity contribution in [2.45, 2.75) is 30.8 Å². The lowest BCUT2D eigenvalue weighted by Crippen LogP contribution is -2.31. The zero-order valence-corrected chi connectivity index (χ0v) is 19.0. The number of ether oxygens (including phenoxy) is 1. The largest absolute Gasteiger partial charge is 0.379 e. The van der Waals surface area contributed by atoms with Gasteiger partial charge in [0.1, 0.15) is 5.56 Å². The second-order valence-electron chi connectivity index (χ2n) is 7.02. The molecule has 0 saturated carbocycles. The monoisotopic (exact) mass is 492 g/mol. The van der Waals surface area contributed by atoms with Gasteiger partial charge in [0.25, 0.3) is 5.91 Å². The van der Waals surface area contributed by atoms with Gasteiger partial charge >= 0.3 is 0 Å². The Balaban J connectivity index is 1.78. The maximum absolute atomic E-state index is 12.7. The molecule has 2 unspecified atom stereocenters. The molecule has 1 saturated heterocycles. The molecule has 8 nitrogen and oxygen atoms in total. The predicted molar refractivity (Wildman–Crippen MR) is 116 cm³/mol. The fourth-order valence-electron chi connectivity index (χ4n) is 3.24. The number of nitrogens with one attached hydrogen (secondary N) is 1. The van der Waals surface area contributed by atoms with Crippen LogP contribution in [0.25, 0.3) is 0 Å². The quantitative estimate of drug-likeness (QED) is 0.644. The van der Waals surface area contributed by atoms with Gasteiger partial charge in [-0.05, 0) is 47.0 Å². The molecule has 2 heterocycles. The third-order valence-electron chi connectivity index (χ3n) is 4.99. The summed E-state index contributed by atoms with van der Waals surface area (Å²) in [5.41, 5.74) is 1.21. The topological polar surface area (TPSA) is 114 Å². The Kier molecular flexibility index (Phi) is 6.75. The van der Waals surface area contributed by atoms with Crippen molar-refractivity contribution >= 4 is 31.6 Å². The number of benzene rings is 1. The molecule has 0 bridgehead atoms. The Bertz CT molecular complexity index is 1190. The first-order valence-electron chi connectivity index (χ1n) is 9.21. The van der Waals surface area contributed by atoms with E-state index in [-0.39, 0.29) is 23.6 Å². The van der Waals surface area contributed by atoms with Crippen molar-refractivity contribution in [1.82, 2.24) is 9.88 Å². The molecule has 30 heavy (non-hydrogen) atoms. The fraction of sp³-hybridized carbons (Fsp3) is 0.350. The van der Waals surface area contributed by atoms with Crippen LogP contribution in [-0.4, -0.2) is 34.2 Å². The van der Waals surface area contributed by atoms with Gasteiger partial charge in [0.05, 0.1) is 26.9 Å². The van der Waals surface area contributed by atoms with Gasteiger partial charge in [-0.25, -0.2) is 4.21 Å². The standard InChI is InChI=1S/C20H21BrN4O4S/c1-13-18(21)19(26)17(10-25(13)15-7-8-29-11-15)20(27)23-9-14-3-5-16(6-4-14)30(2,28)24-12-22/h3-6,10,15H,7-9,11H2,1-2H3,(H,23,27). The number of rotatable bonds is 5. The van der Waals surface area contributed by atoms with E-state index in [1.807, 2.05) is 11.5 Å². The van der Waals surface area contributed by atoms with Crippen molar-refractivity contribution in [1.29, 1.82) is 5.26 Å². The second-order valence-corrected chi connectivity index (χ2v) is 10.1. The molecule has 0 aliphatic carbocycles. The number of halogens is 1. The van der Waals surface area contributed by atoms with Gasteiger partial charge in [-0.15, -0.1) is 4.36 Å². The van der Waals surface area contributed by atoms with Gasteiger partial charge < -0.3 is 14.6 Å². The number of hydrogen-bond donors (Lipinski definition) is 1. The highest BCUT2D eigenvalue weighted by Gasteiger charge is 2.23. The first kappa shape index (κ1) is 22.2. The third-order valence-corrected chi connectivity index (χ3v) is 7.50. The fourth-order valence-corrected chi connectivity index (χ4v) is 4.56. The second kappa shape index (κ2) is 9.12. The van der Waals surface area contributed by atoms with Crippen LogP contribution in [0.3, 0.4) is 0 Å². The van der Waals surface area contributed by atoms with E-state index in [4.69, 9.17) is 10.00 Å². The van der Waals surface area contributed by atoms with E-state index in [0.29, 0.717) is 22.6 Å². The number of aromatic nitrogens is 1. The maximum Gasteiger partial charge on any atom is 0.257 e. The van der Waals surface area contributed by atoms with Gasteiger partial charge in [0, 0.05) is 36.2 Å². The molecule has 0 spiro atoms. The summed E-state index contributed by atoms with van der Waals surface area (Å²) in [6, 6.07) is 6.71. The molecule has 1 amide bonds. The Morgan fingerprint density at radius 3 is 2.73 bits per heavy atom. The van der Waals surface area contributed by atoms with E-state index in [2.05, 4.69) is 25.6 Å². The highest BCUT2D eigenvalue weighted by Crippen LogP contribution is 2.23. The molecule has 158 valence electrons. The molecule has 1 aliphatic rings. The van der Waals surface area contributed by atoms with Crippen molar-refractivity contribution in [3.63, 3.8) is 0 Å². The van der Waals surface area contributed by atoms with Gasteiger partial charge in [-0.3, -0.25) is 9.59 Å². The lowest BCUT2D eigenvalue weighted by atomic mass is 10.1. The van der Waals surface area contributed by atoms with Gasteiger partial charge in [0.15, 0.2) is 0 Å². The molecule has 1 aliphatic heterocycles. The number of carbonyl (C=O) groups is 1. The van der Waals surface area contributed by atoms with Crippen molar-refractivity contribution in [2.24, 2.45) is 4.36 Å². The predicted octanol–water partition coefficient (Wildman–Crippen LogP) is 2.75. The van der Waals surface area contributed by atoms with Crippen LogP contribution in [0.1, 0.15) is 34.1 Å². The first-order chi connectivity index (χ1) is 14.2. The minimum atomic E-state index is -2.76. The summed E-state index contributed by atoms with van der Waals surface area (Å²) >= 11 is 3.32. The molecule has 1 fully saturated rings. The van der Waals surface area contributed by atoms with E-state index in [0.717, 1.165) is 17.7 Å². The van der Waals surface area contributed by atoms with E-state index in [1.165, 1.54) is 6.26 Å². The van der Waals surface area contributed by atoms with Crippen molar-refractivity contribution in [3.8, 4) is 6.19 Å².